The zero-order valence-corrected chi connectivity index (χ0v) is 38.5. The summed E-state index contributed by atoms with van der Waals surface area (Å²) in [6, 6.07) is 27.3. The molecule has 17 heteroatoms. The maximum Gasteiger partial charge on any atom is 0.414 e. The fourth-order valence-corrected chi connectivity index (χ4v) is 10.1. The number of aromatic nitrogens is 1. The minimum Gasteiger partial charge on any atom is -0.489 e. The molecular weight excluding hydrogens is 921 g/mol. The van der Waals surface area contributed by atoms with Crippen molar-refractivity contribution in [3.8, 4) is 17.2 Å². The van der Waals surface area contributed by atoms with Gasteiger partial charge in [-0.05, 0) is 122 Å². The van der Waals surface area contributed by atoms with Crippen LogP contribution in [0.4, 0.5) is 19.3 Å². The van der Waals surface area contributed by atoms with Gasteiger partial charge in [0.15, 0.2) is 11.5 Å². The van der Waals surface area contributed by atoms with E-state index < -0.39 is 36.4 Å². The smallest absolute Gasteiger partial charge is 0.414 e. The summed E-state index contributed by atoms with van der Waals surface area (Å²) < 4.78 is 50.8. The van der Waals surface area contributed by atoms with E-state index in [1.807, 2.05) is 54.6 Å². The standard InChI is InChI=1S/C51H50Cl2F2N4O9/c52-42-26-57(64)27-43(53)40(42)23-39(36-15-16-44(67-50(54)55)45(22-36)66-30-31-9-10-31)47-41(49(61)62)25-59(47)48(60)35-13-11-32(12-14-35)29-65-38-8-4-5-33(21-38)24-58(37-6-2-1-3-7-37)51(63)68-46-28-56-19-17-34(46)18-20-56/h1-8,11-16,21-22,26-27,31,34,39,41,46-47,50H,9-10,17-20,23-25,28-30H2,(H-,61,62,64)/p+1/t39-,41?,46-,47?/m0/s1. The van der Waals surface area contributed by atoms with Crippen LogP contribution in [0.2, 0.25) is 10.0 Å². The van der Waals surface area contributed by atoms with Crippen LogP contribution in [0.15, 0.2) is 109 Å². The Labute approximate surface area is 402 Å². The number of para-hydroxylation sites is 1. The number of amides is 2. The Hall–Kier alpha value is -6.16. The average molecular weight is 973 g/mol. The first kappa shape index (κ1) is 46.9. The number of carbonyl (C=O) groups is 3. The third-order valence-corrected chi connectivity index (χ3v) is 14.1. The van der Waals surface area contributed by atoms with Gasteiger partial charge in [-0.3, -0.25) is 24.6 Å². The highest BCUT2D eigenvalue weighted by atomic mass is 35.5. The fraction of sp³-hybridized carbons (Fsp3) is 0.373. The Kier molecular flexibility index (Phi) is 14.2. The summed E-state index contributed by atoms with van der Waals surface area (Å²) in [6.07, 6.45) is 5.91. The molecule has 356 valence electrons. The average Bonchev–Trinajstić information content (AvgIpc) is 4.15. The van der Waals surface area contributed by atoms with Crippen molar-refractivity contribution in [3.63, 3.8) is 0 Å². The van der Waals surface area contributed by atoms with Gasteiger partial charge in [-0.1, -0.05) is 71.7 Å². The van der Waals surface area contributed by atoms with E-state index in [0.29, 0.717) is 33.1 Å². The number of anilines is 1. The minimum absolute atomic E-state index is 0.0133. The molecule has 4 atom stereocenters. The first-order chi connectivity index (χ1) is 32.9. The van der Waals surface area contributed by atoms with E-state index in [4.69, 9.17) is 42.1 Å². The van der Waals surface area contributed by atoms with Gasteiger partial charge in [0, 0.05) is 40.6 Å². The molecule has 5 aromatic rings. The molecule has 2 amide bonds. The Morgan fingerprint density at radius 1 is 0.824 bits per heavy atom. The van der Waals surface area contributed by atoms with Crippen molar-refractivity contribution >= 4 is 46.9 Å². The molecule has 2 bridgehead atoms. The van der Waals surface area contributed by atoms with Crippen molar-refractivity contribution in [2.24, 2.45) is 17.8 Å². The number of carboxylic acid groups (broad SMARTS) is 1. The predicted molar refractivity (Wildman–Crippen MR) is 247 cm³/mol. The molecule has 10 rings (SSSR count). The van der Waals surface area contributed by atoms with Crippen LogP contribution in [0.3, 0.4) is 0 Å². The van der Waals surface area contributed by atoms with E-state index >= 15 is 0 Å². The maximum atomic E-state index is 14.4. The second-order valence-corrected chi connectivity index (χ2v) is 18.8. The third-order valence-electron chi connectivity index (χ3n) is 13.4. The number of rotatable bonds is 18. The number of nitrogens with zero attached hydrogens (tertiary/aromatic N) is 4. The Bertz CT molecular complexity index is 2590. The summed E-state index contributed by atoms with van der Waals surface area (Å²) in [5.41, 5.74) is 3.50. The number of halogens is 4. The van der Waals surface area contributed by atoms with Crippen molar-refractivity contribution in [1.82, 2.24) is 9.80 Å². The molecule has 13 nitrogen and oxygen atoms in total. The van der Waals surface area contributed by atoms with Crippen LogP contribution in [-0.2, 0) is 29.1 Å². The van der Waals surface area contributed by atoms with Gasteiger partial charge in [0.1, 0.15) is 28.5 Å². The number of hydrogen-bond donors (Lipinski definition) is 2. The van der Waals surface area contributed by atoms with Gasteiger partial charge in [-0.2, -0.15) is 8.78 Å². The maximum absolute atomic E-state index is 14.4. The topological polar surface area (TPSA) is 142 Å². The van der Waals surface area contributed by atoms with Crippen LogP contribution in [-0.4, -0.2) is 89.6 Å². The number of hydrogen-bond acceptors (Lipinski definition) is 9. The molecule has 68 heavy (non-hydrogen) atoms. The lowest BCUT2D eigenvalue weighted by Crippen LogP contribution is -2.63. The number of piperidine rings is 3. The van der Waals surface area contributed by atoms with Gasteiger partial charge in [0.25, 0.3) is 5.91 Å². The molecule has 5 heterocycles. The van der Waals surface area contributed by atoms with Crippen molar-refractivity contribution in [1.29, 1.82) is 0 Å². The van der Waals surface area contributed by atoms with Crippen LogP contribution in [0, 0.1) is 17.8 Å². The number of ether oxygens (including phenoxy) is 4. The van der Waals surface area contributed by atoms with Crippen molar-refractivity contribution in [3.05, 3.63) is 147 Å². The normalized spacial score (nSPS) is 21.1. The molecule has 2 N–H and O–H groups in total. The van der Waals surface area contributed by atoms with Crippen molar-refractivity contribution in [2.75, 3.05) is 37.7 Å². The molecule has 4 saturated heterocycles. The predicted octanol–water partition coefficient (Wildman–Crippen LogP) is 9.28. The van der Waals surface area contributed by atoms with Gasteiger partial charge in [-0.15, -0.1) is 0 Å². The van der Waals surface area contributed by atoms with Gasteiger partial charge in [0.2, 0.25) is 12.4 Å². The SMILES string of the molecule is O=C(O)C1CN(C(=O)c2ccc(COc3cccc(CN(C(=O)O[C@H]4CN5CCC4CC5)c4ccccc4)c3)cc2)C1[C@@H](Cc1c(Cl)c[n+](O)cc1Cl)c1ccc(OC(F)F)c(OCC2CC2)c1. The molecule has 5 fully saturated rings. The molecule has 0 spiro atoms. The molecule has 0 radical (unpaired) electrons. The second-order valence-electron chi connectivity index (χ2n) is 18.0. The van der Waals surface area contributed by atoms with E-state index in [1.54, 1.807) is 41.3 Å². The lowest BCUT2D eigenvalue weighted by atomic mass is 9.73. The third kappa shape index (κ3) is 10.9. The number of fused-ring (bicyclic) bond motifs is 3. The number of alkyl halides is 2. The van der Waals surface area contributed by atoms with Crippen LogP contribution < -0.4 is 23.8 Å². The zero-order chi connectivity index (χ0) is 47.5. The van der Waals surface area contributed by atoms with Crippen LogP contribution in [0.1, 0.15) is 64.2 Å². The Balaban J connectivity index is 0.909. The number of likely N-dealkylation sites (tertiary alicyclic amines) is 1. The highest BCUT2D eigenvalue weighted by molar-refractivity contribution is 6.35. The molecule has 5 aliphatic rings. The lowest BCUT2D eigenvalue weighted by molar-refractivity contribution is -0.904. The lowest BCUT2D eigenvalue weighted by Gasteiger charge is -2.50. The van der Waals surface area contributed by atoms with E-state index in [0.717, 1.165) is 62.1 Å². The van der Waals surface area contributed by atoms with Gasteiger partial charge in [-0.25, -0.2) is 4.79 Å². The highest BCUT2D eigenvalue weighted by Gasteiger charge is 2.51. The molecule has 1 saturated carbocycles. The van der Waals surface area contributed by atoms with Crippen LogP contribution >= 0.6 is 23.2 Å². The van der Waals surface area contributed by atoms with Gasteiger partial charge in [0.05, 0.1) is 25.1 Å². The Morgan fingerprint density at radius 3 is 2.22 bits per heavy atom. The zero-order valence-electron chi connectivity index (χ0n) is 37.0. The van der Waals surface area contributed by atoms with Crippen LogP contribution in [0.5, 0.6) is 17.2 Å². The number of carbonyl (C=O) groups excluding carboxylic acids is 2. The molecule has 4 aliphatic heterocycles. The van der Waals surface area contributed by atoms with E-state index in [2.05, 4.69) is 4.90 Å². The summed E-state index contributed by atoms with van der Waals surface area (Å²) in [5.74, 6) is -2.24. The summed E-state index contributed by atoms with van der Waals surface area (Å²) in [6.45, 7) is 0.344. The summed E-state index contributed by atoms with van der Waals surface area (Å²) in [4.78, 5) is 46.4. The van der Waals surface area contributed by atoms with Gasteiger partial charge < -0.3 is 29.0 Å². The summed E-state index contributed by atoms with van der Waals surface area (Å²) in [5, 5.41) is 20.7. The first-order valence-electron chi connectivity index (χ1n) is 22.8. The molecule has 4 aromatic carbocycles. The van der Waals surface area contributed by atoms with Gasteiger partial charge >= 0.3 is 18.7 Å². The summed E-state index contributed by atoms with van der Waals surface area (Å²) >= 11 is 13.2. The number of carboxylic acids is 1. The van der Waals surface area contributed by atoms with Crippen molar-refractivity contribution < 1.29 is 57.2 Å². The molecule has 2 unspecified atom stereocenters. The second kappa shape index (κ2) is 20.6. The largest absolute Gasteiger partial charge is 0.489 e. The minimum atomic E-state index is -3.12. The van der Waals surface area contributed by atoms with Crippen LogP contribution in [0.25, 0.3) is 0 Å². The monoisotopic (exact) mass is 971 g/mol. The molecular formula is C51H51Cl2F2N4O9+. The fourth-order valence-electron chi connectivity index (χ4n) is 9.50. The van der Waals surface area contributed by atoms with Crippen molar-refractivity contribution in [2.45, 2.75) is 69.9 Å². The quantitative estimate of drug-likeness (QED) is 0.0645. The molecule has 1 aromatic heterocycles. The number of aliphatic carboxylic acids is 1. The number of pyridine rings is 1. The highest BCUT2D eigenvalue weighted by Crippen LogP contribution is 2.44. The van der Waals surface area contributed by atoms with E-state index in [-0.39, 0.29) is 72.4 Å². The summed E-state index contributed by atoms with van der Waals surface area (Å²) in [7, 11) is 0. The molecule has 1 aliphatic carbocycles. The first-order valence-corrected chi connectivity index (χ1v) is 23.5. The number of benzene rings is 4. The Morgan fingerprint density at radius 2 is 1.56 bits per heavy atom. The van der Waals surface area contributed by atoms with E-state index in [1.165, 1.54) is 23.4 Å². The van der Waals surface area contributed by atoms with E-state index in [9.17, 15) is 33.5 Å².